The molecule has 0 aromatic rings. The SMILES string of the molecule is CCCCC(C)(S)C=O. The van der Waals surface area contributed by atoms with Crippen molar-refractivity contribution in [3.05, 3.63) is 0 Å². The Morgan fingerprint density at radius 1 is 1.67 bits per heavy atom. The molecule has 0 radical (unpaired) electrons. The number of hydrogen-bond donors (Lipinski definition) is 1. The lowest BCUT2D eigenvalue weighted by Crippen LogP contribution is -2.17. The standard InChI is InChI=1S/C7H14OS/c1-3-4-5-7(2,9)6-8/h6,9H,3-5H2,1-2H3. The van der Waals surface area contributed by atoms with E-state index >= 15 is 0 Å². The summed E-state index contributed by atoms with van der Waals surface area (Å²) in [6.07, 6.45) is 4.00. The lowest BCUT2D eigenvalue weighted by Gasteiger charge is -2.13. The summed E-state index contributed by atoms with van der Waals surface area (Å²) < 4.78 is -0.393. The highest BCUT2D eigenvalue weighted by atomic mass is 32.1. The molecule has 0 heterocycles. The summed E-state index contributed by atoms with van der Waals surface area (Å²) in [5.41, 5.74) is 0. The van der Waals surface area contributed by atoms with Gasteiger partial charge in [0.1, 0.15) is 6.29 Å². The van der Waals surface area contributed by atoms with E-state index in [-0.39, 0.29) is 0 Å². The molecule has 0 aliphatic heterocycles. The molecule has 0 saturated heterocycles. The van der Waals surface area contributed by atoms with Crippen molar-refractivity contribution in [2.24, 2.45) is 0 Å². The highest BCUT2D eigenvalue weighted by molar-refractivity contribution is 7.82. The average Bonchev–Trinajstić information content (AvgIpc) is 1.84. The third kappa shape index (κ3) is 4.52. The maximum absolute atomic E-state index is 10.3. The van der Waals surface area contributed by atoms with Gasteiger partial charge in [0.2, 0.25) is 0 Å². The predicted octanol–water partition coefficient (Wildman–Crippen LogP) is 2.06. The van der Waals surface area contributed by atoms with Crippen LogP contribution in [0, 0.1) is 0 Å². The van der Waals surface area contributed by atoms with Crippen LogP contribution in [0.1, 0.15) is 33.1 Å². The normalized spacial score (nSPS) is 16.8. The Morgan fingerprint density at radius 3 is 2.56 bits per heavy atom. The smallest absolute Gasteiger partial charge is 0.135 e. The average molecular weight is 146 g/mol. The molecule has 9 heavy (non-hydrogen) atoms. The molecule has 0 bridgehead atoms. The van der Waals surface area contributed by atoms with Crippen LogP contribution in [0.15, 0.2) is 0 Å². The number of carbonyl (C=O) groups excluding carboxylic acids is 1. The van der Waals surface area contributed by atoms with Gasteiger partial charge in [0.15, 0.2) is 0 Å². The van der Waals surface area contributed by atoms with E-state index in [1.165, 1.54) is 0 Å². The summed E-state index contributed by atoms with van der Waals surface area (Å²) in [6.45, 7) is 3.95. The molecule has 0 aliphatic rings. The largest absolute Gasteiger partial charge is 0.302 e. The number of thiol groups is 1. The molecule has 0 N–H and O–H groups in total. The fourth-order valence-corrected chi connectivity index (χ4v) is 0.752. The number of hydrogen-bond acceptors (Lipinski definition) is 2. The lowest BCUT2D eigenvalue weighted by molar-refractivity contribution is -0.109. The minimum atomic E-state index is -0.393. The summed E-state index contributed by atoms with van der Waals surface area (Å²) in [6, 6.07) is 0. The highest BCUT2D eigenvalue weighted by Crippen LogP contribution is 2.17. The monoisotopic (exact) mass is 146 g/mol. The van der Waals surface area contributed by atoms with Crippen molar-refractivity contribution in [2.45, 2.75) is 37.9 Å². The van der Waals surface area contributed by atoms with Crippen molar-refractivity contribution < 1.29 is 4.79 Å². The van der Waals surface area contributed by atoms with E-state index in [0.29, 0.717) is 0 Å². The van der Waals surface area contributed by atoms with Gasteiger partial charge in [-0.05, 0) is 13.3 Å². The van der Waals surface area contributed by atoms with E-state index in [1.807, 2.05) is 6.92 Å². The first kappa shape index (κ1) is 9.02. The molecule has 0 aromatic heterocycles. The first-order chi connectivity index (χ1) is 4.12. The summed E-state index contributed by atoms with van der Waals surface area (Å²) in [5.74, 6) is 0. The van der Waals surface area contributed by atoms with Gasteiger partial charge in [-0.15, -0.1) is 0 Å². The Balaban J connectivity index is 3.45. The van der Waals surface area contributed by atoms with Crippen LogP contribution in [0.25, 0.3) is 0 Å². The predicted molar refractivity (Wildman–Crippen MR) is 43.0 cm³/mol. The Labute approximate surface area is 62.2 Å². The van der Waals surface area contributed by atoms with Crippen molar-refractivity contribution >= 4 is 18.9 Å². The number of aldehydes is 1. The van der Waals surface area contributed by atoms with Crippen molar-refractivity contribution in [2.75, 3.05) is 0 Å². The van der Waals surface area contributed by atoms with Crippen molar-refractivity contribution in [1.29, 1.82) is 0 Å². The number of carbonyl (C=O) groups is 1. The van der Waals surface area contributed by atoms with E-state index < -0.39 is 4.75 Å². The Bertz CT molecular complexity index is 88.9. The maximum Gasteiger partial charge on any atom is 0.135 e. The molecule has 0 amide bonds. The molecule has 0 fully saturated rings. The van der Waals surface area contributed by atoms with E-state index in [2.05, 4.69) is 19.6 Å². The Morgan fingerprint density at radius 2 is 2.22 bits per heavy atom. The van der Waals surface area contributed by atoms with Crippen LogP contribution in [0.4, 0.5) is 0 Å². The van der Waals surface area contributed by atoms with Gasteiger partial charge < -0.3 is 4.79 Å². The third-order valence-electron chi connectivity index (χ3n) is 1.29. The molecule has 54 valence electrons. The summed E-state index contributed by atoms with van der Waals surface area (Å²) in [7, 11) is 0. The van der Waals surface area contributed by atoms with Crippen LogP contribution in [-0.4, -0.2) is 11.0 Å². The molecule has 2 heteroatoms. The summed E-state index contributed by atoms with van der Waals surface area (Å²) >= 11 is 4.15. The van der Waals surface area contributed by atoms with E-state index in [9.17, 15) is 4.79 Å². The first-order valence-electron chi connectivity index (χ1n) is 3.31. The van der Waals surface area contributed by atoms with Gasteiger partial charge in [-0.2, -0.15) is 12.6 Å². The van der Waals surface area contributed by atoms with Crippen LogP contribution in [0.3, 0.4) is 0 Å². The second kappa shape index (κ2) is 3.94. The number of unbranched alkanes of at least 4 members (excludes halogenated alkanes) is 1. The van der Waals surface area contributed by atoms with Crippen LogP contribution in [0.2, 0.25) is 0 Å². The molecule has 0 aliphatic carbocycles. The topological polar surface area (TPSA) is 17.1 Å². The van der Waals surface area contributed by atoms with Gasteiger partial charge in [0.25, 0.3) is 0 Å². The Kier molecular flexibility index (Phi) is 3.95. The zero-order valence-corrected chi connectivity index (χ0v) is 6.95. The zero-order valence-electron chi connectivity index (χ0n) is 6.05. The lowest BCUT2D eigenvalue weighted by atomic mass is 10.1. The van der Waals surface area contributed by atoms with Crippen molar-refractivity contribution in [3.63, 3.8) is 0 Å². The van der Waals surface area contributed by atoms with Gasteiger partial charge >= 0.3 is 0 Å². The Hall–Kier alpha value is 0.0200. The molecule has 0 rings (SSSR count). The second-order valence-electron chi connectivity index (χ2n) is 2.58. The summed E-state index contributed by atoms with van der Waals surface area (Å²) in [4.78, 5) is 10.3. The molecular formula is C7H14OS. The van der Waals surface area contributed by atoms with Crippen molar-refractivity contribution in [3.8, 4) is 0 Å². The van der Waals surface area contributed by atoms with Crippen LogP contribution in [0.5, 0.6) is 0 Å². The minimum absolute atomic E-state index is 0.393. The maximum atomic E-state index is 10.3. The molecular weight excluding hydrogens is 132 g/mol. The van der Waals surface area contributed by atoms with Crippen LogP contribution >= 0.6 is 12.6 Å². The molecule has 0 aromatic carbocycles. The minimum Gasteiger partial charge on any atom is -0.302 e. The van der Waals surface area contributed by atoms with Gasteiger partial charge in [0, 0.05) is 0 Å². The first-order valence-corrected chi connectivity index (χ1v) is 3.76. The second-order valence-corrected chi connectivity index (χ2v) is 3.60. The summed E-state index contributed by atoms with van der Waals surface area (Å²) in [5, 5.41) is 0. The number of rotatable bonds is 4. The fourth-order valence-electron chi connectivity index (χ4n) is 0.594. The van der Waals surface area contributed by atoms with E-state index in [1.54, 1.807) is 0 Å². The highest BCUT2D eigenvalue weighted by Gasteiger charge is 2.15. The third-order valence-corrected chi connectivity index (χ3v) is 1.62. The van der Waals surface area contributed by atoms with Crippen molar-refractivity contribution in [1.82, 2.24) is 0 Å². The van der Waals surface area contributed by atoms with Crippen LogP contribution < -0.4 is 0 Å². The molecule has 1 atom stereocenters. The molecule has 1 unspecified atom stereocenters. The molecule has 0 spiro atoms. The van der Waals surface area contributed by atoms with Gasteiger partial charge in [-0.3, -0.25) is 0 Å². The molecule has 0 saturated carbocycles. The fraction of sp³-hybridized carbons (Fsp3) is 0.857. The van der Waals surface area contributed by atoms with E-state index in [4.69, 9.17) is 0 Å². The molecule has 1 nitrogen and oxygen atoms in total. The quantitative estimate of drug-likeness (QED) is 0.474. The van der Waals surface area contributed by atoms with Crippen LogP contribution in [-0.2, 0) is 4.79 Å². The van der Waals surface area contributed by atoms with Gasteiger partial charge in [-0.1, -0.05) is 19.8 Å². The van der Waals surface area contributed by atoms with Gasteiger partial charge in [-0.25, -0.2) is 0 Å². The van der Waals surface area contributed by atoms with Gasteiger partial charge in [0.05, 0.1) is 4.75 Å². The van der Waals surface area contributed by atoms with E-state index in [0.717, 1.165) is 25.5 Å². The zero-order chi connectivity index (χ0) is 7.33.